The first-order chi connectivity index (χ1) is 10.2. The number of nitrogens with zero attached hydrogens (tertiary/aromatic N) is 2. The lowest BCUT2D eigenvalue weighted by atomic mass is 10.1. The number of fused-ring (bicyclic) bond motifs is 1. The number of rotatable bonds is 3. The Morgan fingerprint density at radius 1 is 1.14 bits per heavy atom. The Kier molecular flexibility index (Phi) is 3.60. The maximum atomic E-state index is 12.2. The van der Waals surface area contributed by atoms with Gasteiger partial charge in [-0.3, -0.25) is 4.79 Å². The van der Waals surface area contributed by atoms with Gasteiger partial charge in [-0.05, 0) is 24.6 Å². The molecule has 1 N–H and O–H groups in total. The summed E-state index contributed by atoms with van der Waals surface area (Å²) in [6.07, 6.45) is 3.21. The van der Waals surface area contributed by atoms with Crippen LogP contribution in [0.15, 0.2) is 55.0 Å². The summed E-state index contributed by atoms with van der Waals surface area (Å²) in [6, 6.07) is 13.5. The molecule has 1 amide bonds. The van der Waals surface area contributed by atoms with Crippen molar-refractivity contribution in [1.82, 2.24) is 15.3 Å². The molecule has 2 aromatic carbocycles. The normalized spacial score (nSPS) is 10.5. The molecule has 0 aliphatic rings. The monoisotopic (exact) mass is 277 g/mol. The first kappa shape index (κ1) is 13.2. The maximum absolute atomic E-state index is 12.2. The summed E-state index contributed by atoms with van der Waals surface area (Å²) < 4.78 is 0. The van der Waals surface area contributed by atoms with Gasteiger partial charge in [0.25, 0.3) is 5.91 Å². The van der Waals surface area contributed by atoms with Crippen LogP contribution in [0.1, 0.15) is 21.5 Å². The van der Waals surface area contributed by atoms with Gasteiger partial charge in [-0.25, -0.2) is 9.97 Å². The number of aromatic nitrogens is 2. The molecule has 104 valence electrons. The third-order valence-electron chi connectivity index (χ3n) is 3.34. The molecule has 0 aliphatic heterocycles. The fourth-order valence-corrected chi connectivity index (χ4v) is 2.11. The van der Waals surface area contributed by atoms with Crippen molar-refractivity contribution in [3.8, 4) is 0 Å². The molecule has 3 aromatic rings. The van der Waals surface area contributed by atoms with E-state index in [1.54, 1.807) is 18.3 Å². The van der Waals surface area contributed by atoms with Crippen molar-refractivity contribution in [2.45, 2.75) is 13.5 Å². The predicted octanol–water partition coefficient (Wildman–Crippen LogP) is 2.87. The van der Waals surface area contributed by atoms with Gasteiger partial charge in [-0.1, -0.05) is 35.9 Å². The van der Waals surface area contributed by atoms with Crippen molar-refractivity contribution < 1.29 is 4.79 Å². The van der Waals surface area contributed by atoms with Crippen LogP contribution in [0, 0.1) is 6.92 Å². The summed E-state index contributed by atoms with van der Waals surface area (Å²) in [7, 11) is 0. The molecule has 0 unspecified atom stereocenters. The van der Waals surface area contributed by atoms with Crippen molar-refractivity contribution in [2.24, 2.45) is 0 Å². The molecule has 0 spiro atoms. The highest BCUT2D eigenvalue weighted by Crippen LogP contribution is 2.12. The highest BCUT2D eigenvalue weighted by molar-refractivity contribution is 5.97. The van der Waals surface area contributed by atoms with E-state index in [-0.39, 0.29) is 5.91 Å². The number of hydrogen-bond donors (Lipinski definition) is 1. The molecule has 4 nitrogen and oxygen atoms in total. The van der Waals surface area contributed by atoms with Gasteiger partial charge in [0, 0.05) is 23.7 Å². The lowest BCUT2D eigenvalue weighted by molar-refractivity contribution is 0.0951. The van der Waals surface area contributed by atoms with Crippen LogP contribution < -0.4 is 5.32 Å². The molecule has 21 heavy (non-hydrogen) atoms. The van der Waals surface area contributed by atoms with Crippen LogP contribution in [0.2, 0.25) is 0 Å². The third kappa shape index (κ3) is 3.05. The molecular weight excluding hydrogens is 262 g/mol. The highest BCUT2D eigenvalue weighted by atomic mass is 16.1. The molecule has 1 heterocycles. The van der Waals surface area contributed by atoms with Gasteiger partial charge in [0.2, 0.25) is 0 Å². The number of carbonyl (C=O) groups is 1. The van der Waals surface area contributed by atoms with E-state index < -0.39 is 0 Å². The Balaban J connectivity index is 1.73. The van der Waals surface area contributed by atoms with E-state index in [4.69, 9.17) is 0 Å². The fourth-order valence-electron chi connectivity index (χ4n) is 2.11. The van der Waals surface area contributed by atoms with E-state index >= 15 is 0 Å². The van der Waals surface area contributed by atoms with Crippen LogP contribution in [0.25, 0.3) is 10.9 Å². The first-order valence-electron chi connectivity index (χ1n) is 6.76. The summed E-state index contributed by atoms with van der Waals surface area (Å²) in [5.74, 6) is -0.101. The quantitative estimate of drug-likeness (QED) is 0.801. The Labute approximate surface area is 122 Å². The van der Waals surface area contributed by atoms with Gasteiger partial charge in [0.15, 0.2) is 0 Å². The molecule has 0 saturated carbocycles. The van der Waals surface area contributed by atoms with Crippen LogP contribution in [0.5, 0.6) is 0 Å². The van der Waals surface area contributed by atoms with Crippen molar-refractivity contribution in [3.05, 3.63) is 71.7 Å². The highest BCUT2D eigenvalue weighted by Gasteiger charge is 2.06. The van der Waals surface area contributed by atoms with Crippen LogP contribution >= 0.6 is 0 Å². The minimum Gasteiger partial charge on any atom is -0.348 e. The number of nitrogens with one attached hydrogen (secondary N) is 1. The predicted molar refractivity (Wildman–Crippen MR) is 81.9 cm³/mol. The average Bonchev–Trinajstić information content (AvgIpc) is 2.53. The second kappa shape index (κ2) is 5.71. The maximum Gasteiger partial charge on any atom is 0.251 e. The van der Waals surface area contributed by atoms with Gasteiger partial charge in [-0.15, -0.1) is 0 Å². The van der Waals surface area contributed by atoms with Gasteiger partial charge in [0.05, 0.1) is 5.52 Å². The second-order valence-corrected chi connectivity index (χ2v) is 4.96. The van der Waals surface area contributed by atoms with Gasteiger partial charge >= 0.3 is 0 Å². The average molecular weight is 277 g/mol. The number of amides is 1. The zero-order chi connectivity index (χ0) is 14.7. The standard InChI is InChI=1S/C17H15N3O/c1-12-2-4-13(5-3-12)9-19-17(21)14-6-7-15-10-18-11-20-16(15)8-14/h2-8,10-11H,9H2,1H3,(H,19,21). The van der Waals surface area contributed by atoms with E-state index in [1.165, 1.54) is 11.9 Å². The summed E-state index contributed by atoms with van der Waals surface area (Å²) in [4.78, 5) is 20.3. The summed E-state index contributed by atoms with van der Waals surface area (Å²) in [5.41, 5.74) is 3.66. The zero-order valence-electron chi connectivity index (χ0n) is 11.7. The minimum atomic E-state index is -0.101. The molecule has 0 atom stereocenters. The van der Waals surface area contributed by atoms with E-state index in [0.717, 1.165) is 16.5 Å². The van der Waals surface area contributed by atoms with Crippen molar-refractivity contribution in [2.75, 3.05) is 0 Å². The van der Waals surface area contributed by atoms with Crippen molar-refractivity contribution in [3.63, 3.8) is 0 Å². The van der Waals surface area contributed by atoms with E-state index in [1.807, 2.05) is 37.3 Å². The van der Waals surface area contributed by atoms with Crippen LogP contribution in [0.4, 0.5) is 0 Å². The number of hydrogen-bond acceptors (Lipinski definition) is 3. The molecule has 4 heteroatoms. The summed E-state index contributed by atoms with van der Waals surface area (Å²) >= 11 is 0. The number of aryl methyl sites for hydroxylation is 1. The van der Waals surface area contributed by atoms with Crippen LogP contribution in [-0.4, -0.2) is 15.9 Å². The molecule has 0 aliphatic carbocycles. The molecule has 0 saturated heterocycles. The Bertz CT molecular complexity index is 781. The fraction of sp³-hybridized carbons (Fsp3) is 0.118. The zero-order valence-corrected chi connectivity index (χ0v) is 11.7. The molecule has 0 fully saturated rings. The molecule has 0 radical (unpaired) electrons. The van der Waals surface area contributed by atoms with E-state index in [9.17, 15) is 4.79 Å². The largest absolute Gasteiger partial charge is 0.348 e. The van der Waals surface area contributed by atoms with Crippen LogP contribution in [-0.2, 0) is 6.54 Å². The van der Waals surface area contributed by atoms with E-state index in [2.05, 4.69) is 15.3 Å². The Morgan fingerprint density at radius 3 is 2.76 bits per heavy atom. The van der Waals surface area contributed by atoms with Gasteiger partial charge < -0.3 is 5.32 Å². The first-order valence-corrected chi connectivity index (χ1v) is 6.76. The minimum absolute atomic E-state index is 0.101. The second-order valence-electron chi connectivity index (χ2n) is 4.96. The summed E-state index contributed by atoms with van der Waals surface area (Å²) in [6.45, 7) is 2.56. The number of carbonyl (C=O) groups excluding carboxylic acids is 1. The lowest BCUT2D eigenvalue weighted by Gasteiger charge is -2.06. The van der Waals surface area contributed by atoms with Gasteiger partial charge in [-0.2, -0.15) is 0 Å². The molecule has 1 aromatic heterocycles. The Morgan fingerprint density at radius 2 is 1.95 bits per heavy atom. The van der Waals surface area contributed by atoms with Gasteiger partial charge in [0.1, 0.15) is 6.33 Å². The van der Waals surface area contributed by atoms with Crippen LogP contribution in [0.3, 0.4) is 0 Å². The van der Waals surface area contributed by atoms with E-state index in [0.29, 0.717) is 12.1 Å². The summed E-state index contributed by atoms with van der Waals surface area (Å²) in [5, 5.41) is 3.84. The smallest absolute Gasteiger partial charge is 0.251 e. The molecule has 3 rings (SSSR count). The van der Waals surface area contributed by atoms with Crippen molar-refractivity contribution in [1.29, 1.82) is 0 Å². The third-order valence-corrected chi connectivity index (χ3v) is 3.34. The molecule has 0 bridgehead atoms. The SMILES string of the molecule is Cc1ccc(CNC(=O)c2ccc3cncnc3c2)cc1. The van der Waals surface area contributed by atoms with Crippen molar-refractivity contribution >= 4 is 16.8 Å². The topological polar surface area (TPSA) is 54.9 Å². The molecular formula is C17H15N3O. The Hall–Kier alpha value is -2.75. The lowest BCUT2D eigenvalue weighted by Crippen LogP contribution is -2.22. The number of benzene rings is 2.